The summed E-state index contributed by atoms with van der Waals surface area (Å²) in [6.07, 6.45) is 3.63. The van der Waals surface area contributed by atoms with Gasteiger partial charge in [-0.1, -0.05) is 96.0 Å². The van der Waals surface area contributed by atoms with E-state index in [2.05, 4.69) is 92.8 Å². The molecule has 7 aromatic rings. The second-order valence-corrected chi connectivity index (χ2v) is 16.8. The van der Waals surface area contributed by atoms with Gasteiger partial charge in [0.1, 0.15) is 24.7 Å². The number of amides is 4. The monoisotopic (exact) mass is 908 g/mol. The first-order valence-electron chi connectivity index (χ1n) is 21.8. The Morgan fingerprint density at radius 3 is 1.80 bits per heavy atom. The smallest absolute Gasteiger partial charge is 0.407 e. The Morgan fingerprint density at radius 1 is 0.750 bits per heavy atom. The molecule has 4 amide bonds. The van der Waals surface area contributed by atoms with Gasteiger partial charge in [0.15, 0.2) is 0 Å². The SMILES string of the molecule is CCC.CCC.CCCN(Cc1nc2ccc(-c3csc4c(-c5ccc6nc(C7CCCN7C(=O)CNC(=O)OC)[nH]c6c5)csc34)cc2[nH]1)C(=O)CNC(=O)OC.c1ccccc1. The fourth-order valence-electron chi connectivity index (χ4n) is 7.01. The summed E-state index contributed by atoms with van der Waals surface area (Å²) >= 11 is 3.42. The number of aromatic nitrogens is 4. The number of hydrogen-bond donors (Lipinski definition) is 4. The number of fused-ring (bicyclic) bond motifs is 3. The Bertz CT molecular complexity index is 2550. The van der Waals surface area contributed by atoms with E-state index in [0.29, 0.717) is 25.5 Å². The lowest BCUT2D eigenvalue weighted by Gasteiger charge is -2.23. The van der Waals surface area contributed by atoms with Gasteiger partial charge in [0.05, 0.1) is 58.3 Å². The van der Waals surface area contributed by atoms with E-state index in [1.165, 1.54) is 36.5 Å². The molecule has 64 heavy (non-hydrogen) atoms. The number of carbonyl (C=O) groups excluding carboxylic acids is 4. The molecule has 0 aliphatic carbocycles. The molecule has 1 atom stereocenters. The highest BCUT2D eigenvalue weighted by molar-refractivity contribution is 7.27. The average Bonchev–Trinajstić information content (AvgIpc) is 4.16. The summed E-state index contributed by atoms with van der Waals surface area (Å²) in [6.45, 7) is 11.7. The number of imidazole rings is 2. The first-order chi connectivity index (χ1) is 31.1. The Labute approximate surface area is 382 Å². The van der Waals surface area contributed by atoms with Crippen LogP contribution in [0.25, 0.3) is 53.7 Å². The molecule has 4 aromatic heterocycles. The molecular formula is C48H60N8O6S2. The lowest BCUT2D eigenvalue weighted by molar-refractivity contribution is -0.131. The van der Waals surface area contributed by atoms with Crippen molar-refractivity contribution in [1.29, 1.82) is 0 Å². The first-order valence-corrected chi connectivity index (χ1v) is 23.5. The number of carbonyl (C=O) groups is 4. The van der Waals surface area contributed by atoms with Gasteiger partial charge in [-0.25, -0.2) is 19.6 Å². The van der Waals surface area contributed by atoms with Gasteiger partial charge in [0, 0.05) is 35.0 Å². The zero-order valence-corrected chi connectivity index (χ0v) is 39.4. The number of hydrogen-bond acceptors (Lipinski definition) is 10. The largest absolute Gasteiger partial charge is 0.453 e. The normalized spacial score (nSPS) is 12.9. The van der Waals surface area contributed by atoms with Crippen LogP contribution in [0.15, 0.2) is 83.6 Å². The molecule has 0 bridgehead atoms. The minimum Gasteiger partial charge on any atom is -0.453 e. The van der Waals surface area contributed by atoms with Crippen molar-refractivity contribution in [2.24, 2.45) is 0 Å². The molecule has 5 heterocycles. The van der Waals surface area contributed by atoms with Crippen LogP contribution in [-0.2, 0) is 25.6 Å². The highest BCUT2D eigenvalue weighted by Gasteiger charge is 2.32. The summed E-state index contributed by atoms with van der Waals surface area (Å²) in [7, 11) is 2.53. The Morgan fingerprint density at radius 2 is 1.27 bits per heavy atom. The van der Waals surface area contributed by atoms with Crippen LogP contribution in [0.2, 0.25) is 0 Å². The lowest BCUT2D eigenvalue weighted by atomic mass is 10.1. The van der Waals surface area contributed by atoms with Crippen LogP contribution >= 0.6 is 22.7 Å². The third kappa shape index (κ3) is 12.7. The third-order valence-electron chi connectivity index (χ3n) is 9.82. The molecule has 1 aliphatic heterocycles. The topological polar surface area (TPSA) is 175 Å². The van der Waals surface area contributed by atoms with E-state index in [1.54, 1.807) is 32.5 Å². The minimum absolute atomic E-state index is 0.125. The number of thiophene rings is 2. The number of nitrogens with zero attached hydrogens (tertiary/aromatic N) is 4. The fourth-order valence-corrected chi connectivity index (χ4v) is 9.47. The maximum atomic E-state index is 12.9. The fraction of sp³-hybridized carbons (Fsp3) is 0.375. The molecule has 340 valence electrons. The van der Waals surface area contributed by atoms with Gasteiger partial charge in [-0.15, -0.1) is 22.7 Å². The Hall–Kier alpha value is -6.26. The number of alkyl carbamates (subject to hydrolysis) is 2. The second-order valence-electron chi connectivity index (χ2n) is 15.0. The first kappa shape index (κ1) is 48.8. The van der Waals surface area contributed by atoms with Crippen LogP contribution < -0.4 is 10.6 Å². The number of benzene rings is 3. The van der Waals surface area contributed by atoms with Gasteiger partial charge in [0.25, 0.3) is 0 Å². The zero-order chi connectivity index (χ0) is 46.0. The molecule has 1 unspecified atom stereocenters. The molecule has 4 N–H and O–H groups in total. The number of nitrogens with one attached hydrogen (secondary N) is 4. The molecule has 16 heteroatoms. The van der Waals surface area contributed by atoms with Crippen LogP contribution in [0.1, 0.15) is 84.4 Å². The van der Waals surface area contributed by atoms with E-state index in [9.17, 15) is 19.2 Å². The van der Waals surface area contributed by atoms with Crippen molar-refractivity contribution in [3.63, 3.8) is 0 Å². The molecule has 8 rings (SSSR count). The average molecular weight is 909 g/mol. The molecule has 14 nitrogen and oxygen atoms in total. The predicted octanol–water partition coefficient (Wildman–Crippen LogP) is 10.7. The summed E-state index contributed by atoms with van der Waals surface area (Å²) < 4.78 is 11.6. The maximum absolute atomic E-state index is 12.9. The van der Waals surface area contributed by atoms with E-state index in [1.807, 2.05) is 55.5 Å². The van der Waals surface area contributed by atoms with Gasteiger partial charge < -0.3 is 39.9 Å². The van der Waals surface area contributed by atoms with Gasteiger partial charge in [-0.05, 0) is 54.7 Å². The van der Waals surface area contributed by atoms with Crippen molar-refractivity contribution < 1.29 is 28.7 Å². The molecule has 0 spiro atoms. The van der Waals surface area contributed by atoms with Crippen molar-refractivity contribution in [3.8, 4) is 22.3 Å². The van der Waals surface area contributed by atoms with Gasteiger partial charge in [-0.3, -0.25) is 9.59 Å². The molecule has 3 aromatic carbocycles. The van der Waals surface area contributed by atoms with Gasteiger partial charge in [-0.2, -0.15) is 0 Å². The minimum atomic E-state index is -0.648. The van der Waals surface area contributed by atoms with E-state index in [4.69, 9.17) is 9.97 Å². The van der Waals surface area contributed by atoms with Crippen molar-refractivity contribution >= 4 is 78.1 Å². The summed E-state index contributed by atoms with van der Waals surface area (Å²) in [4.78, 5) is 68.5. The molecule has 0 saturated carbocycles. The molecule has 0 radical (unpaired) electrons. The van der Waals surface area contributed by atoms with Crippen LogP contribution in [0.3, 0.4) is 0 Å². The predicted molar refractivity (Wildman–Crippen MR) is 258 cm³/mol. The van der Waals surface area contributed by atoms with Crippen molar-refractivity contribution in [3.05, 3.63) is 95.2 Å². The van der Waals surface area contributed by atoms with Crippen LogP contribution in [-0.4, -0.2) is 94.1 Å². The summed E-state index contributed by atoms with van der Waals surface area (Å²) in [5.41, 5.74) is 7.85. The molecule has 1 saturated heterocycles. The highest BCUT2D eigenvalue weighted by Crippen LogP contribution is 2.45. The second kappa shape index (κ2) is 24.5. The van der Waals surface area contributed by atoms with Crippen molar-refractivity contribution in [2.45, 2.75) is 79.3 Å². The quantitative estimate of drug-likeness (QED) is 0.0992. The van der Waals surface area contributed by atoms with Gasteiger partial charge >= 0.3 is 12.2 Å². The van der Waals surface area contributed by atoms with Crippen LogP contribution in [0, 0.1) is 0 Å². The van der Waals surface area contributed by atoms with Crippen molar-refractivity contribution in [2.75, 3.05) is 40.4 Å². The van der Waals surface area contributed by atoms with E-state index in [-0.39, 0.29) is 30.9 Å². The van der Waals surface area contributed by atoms with E-state index < -0.39 is 12.2 Å². The summed E-state index contributed by atoms with van der Waals surface area (Å²) in [6, 6.07) is 24.2. The lowest BCUT2D eigenvalue weighted by Crippen LogP contribution is -2.40. The Balaban J connectivity index is 0.000000567. The van der Waals surface area contributed by atoms with Crippen molar-refractivity contribution in [1.82, 2.24) is 40.4 Å². The zero-order valence-electron chi connectivity index (χ0n) is 37.8. The number of H-pyrrole nitrogens is 2. The number of likely N-dealkylation sites (tertiary alicyclic amines) is 1. The maximum Gasteiger partial charge on any atom is 0.407 e. The van der Waals surface area contributed by atoms with Crippen LogP contribution in [0.5, 0.6) is 0 Å². The number of ether oxygens (including phenoxy) is 2. The van der Waals surface area contributed by atoms with Crippen LogP contribution in [0.4, 0.5) is 9.59 Å². The standard InChI is InChI=1S/C36H38N8O6S2.C6H6.2C3H8/c1-4-11-43(30(45)15-37-35(47)49-2)17-29-39-24-9-7-20(13-26(24)40-29)22-18-51-33-23(19-52-32(22)33)21-8-10-25-27(14-21)42-34(41-25)28-6-5-12-44(28)31(46)16-38-36(48)50-3;1-2-4-6-5-3-1;2*1-3-2/h7-10,13-14,18-19,28H,4-6,11-12,15-17H2,1-3H3,(H,37,47)(H,38,48)(H,39,40)(H,41,42);1-6H;2*3H2,1-2H3. The molecule has 1 aliphatic rings. The Kier molecular flexibility index (Phi) is 18.7. The number of rotatable bonds is 11. The summed E-state index contributed by atoms with van der Waals surface area (Å²) in [5.74, 6) is 1.02. The van der Waals surface area contributed by atoms with Gasteiger partial charge in [0.2, 0.25) is 11.8 Å². The van der Waals surface area contributed by atoms with E-state index in [0.717, 1.165) is 69.4 Å². The number of methoxy groups -OCH3 is 2. The number of aromatic amines is 2. The third-order valence-corrected chi connectivity index (χ3v) is 12.0. The molecular weight excluding hydrogens is 849 g/mol. The molecule has 1 fully saturated rings. The highest BCUT2D eigenvalue weighted by atomic mass is 32.1. The summed E-state index contributed by atoms with van der Waals surface area (Å²) in [5, 5.41) is 9.31. The van der Waals surface area contributed by atoms with E-state index >= 15 is 0 Å².